The van der Waals surface area contributed by atoms with Crippen molar-refractivity contribution >= 4 is 17.8 Å². The van der Waals surface area contributed by atoms with Crippen LogP contribution in [0.15, 0.2) is 127 Å². The Morgan fingerprint density at radius 1 is 0.722 bits per heavy atom. The van der Waals surface area contributed by atoms with Crippen LogP contribution in [0.25, 0.3) is 6.08 Å². The molecule has 4 aromatic rings. The van der Waals surface area contributed by atoms with Crippen molar-refractivity contribution in [1.29, 1.82) is 0 Å². The third kappa shape index (κ3) is 5.68. The zero-order chi connectivity index (χ0) is 25.2. The molecule has 4 nitrogen and oxygen atoms in total. The van der Waals surface area contributed by atoms with Crippen LogP contribution in [-0.4, -0.2) is 24.9 Å². The predicted octanol–water partition coefficient (Wildman–Crippen LogP) is 5.78. The Morgan fingerprint density at radius 3 is 1.56 bits per heavy atom. The maximum absolute atomic E-state index is 13.0. The summed E-state index contributed by atoms with van der Waals surface area (Å²) in [5, 5.41) is 3.57. The molecule has 36 heavy (non-hydrogen) atoms. The Bertz CT molecular complexity index is 1190. The summed E-state index contributed by atoms with van der Waals surface area (Å²) in [6.45, 7) is 0. The fourth-order valence-corrected chi connectivity index (χ4v) is 4.43. The summed E-state index contributed by atoms with van der Waals surface area (Å²) < 4.78 is 5.15. The van der Waals surface area contributed by atoms with Crippen molar-refractivity contribution in [3.63, 3.8) is 0 Å². The molecule has 4 rings (SSSR count). The molecule has 0 aromatic heterocycles. The van der Waals surface area contributed by atoms with Crippen LogP contribution in [-0.2, 0) is 19.9 Å². The van der Waals surface area contributed by atoms with Gasteiger partial charge in [0.05, 0.1) is 12.6 Å². The first-order chi connectivity index (χ1) is 17.6. The molecule has 180 valence electrons. The van der Waals surface area contributed by atoms with Crippen molar-refractivity contribution < 1.29 is 14.3 Å². The Kier molecular flexibility index (Phi) is 8.22. The SMILES string of the molecule is COC(=O)[C@H](CC(=O)/C=C/c1ccccc1)NC(c1ccccc1)(c1ccccc1)c1ccccc1. The Morgan fingerprint density at radius 2 is 1.14 bits per heavy atom. The maximum atomic E-state index is 13.0. The highest BCUT2D eigenvalue weighted by molar-refractivity contribution is 5.96. The van der Waals surface area contributed by atoms with E-state index in [2.05, 4.69) is 5.32 Å². The Labute approximate surface area is 212 Å². The molecule has 0 aliphatic heterocycles. The largest absolute Gasteiger partial charge is 0.468 e. The number of hydrogen-bond acceptors (Lipinski definition) is 4. The summed E-state index contributed by atoms with van der Waals surface area (Å²) >= 11 is 0. The van der Waals surface area contributed by atoms with E-state index in [0.29, 0.717) is 0 Å². The molecule has 1 atom stereocenters. The van der Waals surface area contributed by atoms with E-state index in [-0.39, 0.29) is 12.2 Å². The van der Waals surface area contributed by atoms with Crippen molar-refractivity contribution in [1.82, 2.24) is 5.32 Å². The summed E-state index contributed by atoms with van der Waals surface area (Å²) in [4.78, 5) is 26.0. The van der Waals surface area contributed by atoms with Crippen molar-refractivity contribution in [3.05, 3.63) is 150 Å². The zero-order valence-corrected chi connectivity index (χ0v) is 20.2. The van der Waals surface area contributed by atoms with E-state index in [0.717, 1.165) is 22.3 Å². The highest BCUT2D eigenvalue weighted by atomic mass is 16.5. The zero-order valence-electron chi connectivity index (χ0n) is 20.2. The van der Waals surface area contributed by atoms with Gasteiger partial charge < -0.3 is 4.74 Å². The molecule has 0 heterocycles. The van der Waals surface area contributed by atoms with E-state index < -0.39 is 17.6 Å². The number of carbonyl (C=O) groups excluding carboxylic acids is 2. The molecule has 0 aliphatic carbocycles. The van der Waals surface area contributed by atoms with Crippen molar-refractivity contribution in [2.24, 2.45) is 0 Å². The molecule has 4 heteroatoms. The lowest BCUT2D eigenvalue weighted by Crippen LogP contribution is -2.53. The number of hydrogen-bond donors (Lipinski definition) is 1. The molecule has 0 bridgehead atoms. The van der Waals surface area contributed by atoms with Crippen LogP contribution in [0.1, 0.15) is 28.7 Å². The first-order valence-electron chi connectivity index (χ1n) is 11.9. The van der Waals surface area contributed by atoms with Gasteiger partial charge in [0.15, 0.2) is 5.78 Å². The van der Waals surface area contributed by atoms with Gasteiger partial charge in [-0.15, -0.1) is 0 Å². The van der Waals surface area contributed by atoms with Gasteiger partial charge in [0.2, 0.25) is 0 Å². The Hall–Kier alpha value is -4.28. The third-order valence-electron chi connectivity index (χ3n) is 6.16. The number of allylic oxidation sites excluding steroid dienone is 1. The van der Waals surface area contributed by atoms with E-state index in [1.54, 1.807) is 6.08 Å². The van der Waals surface area contributed by atoms with Crippen LogP contribution in [0.2, 0.25) is 0 Å². The van der Waals surface area contributed by atoms with E-state index >= 15 is 0 Å². The Balaban J connectivity index is 1.78. The topological polar surface area (TPSA) is 55.4 Å². The van der Waals surface area contributed by atoms with Gasteiger partial charge in [-0.3, -0.25) is 14.9 Å². The molecular formula is C32H29NO3. The van der Waals surface area contributed by atoms with Crippen LogP contribution in [0, 0.1) is 0 Å². The number of nitrogens with one attached hydrogen (secondary N) is 1. The van der Waals surface area contributed by atoms with E-state index in [4.69, 9.17) is 4.74 Å². The van der Waals surface area contributed by atoms with Crippen molar-refractivity contribution in [2.45, 2.75) is 18.0 Å². The normalized spacial score (nSPS) is 12.2. The van der Waals surface area contributed by atoms with Gasteiger partial charge in [-0.1, -0.05) is 127 Å². The van der Waals surface area contributed by atoms with Gasteiger partial charge in [0.25, 0.3) is 0 Å². The summed E-state index contributed by atoms with van der Waals surface area (Å²) in [6, 6.07) is 38.6. The van der Waals surface area contributed by atoms with E-state index in [9.17, 15) is 9.59 Å². The average Bonchev–Trinajstić information content (AvgIpc) is 2.95. The summed E-state index contributed by atoms with van der Waals surface area (Å²) in [5.74, 6) is -0.673. The summed E-state index contributed by atoms with van der Waals surface area (Å²) in [6.07, 6.45) is 3.22. The lowest BCUT2D eigenvalue weighted by molar-refractivity contribution is -0.144. The standard InChI is InChI=1S/C32H29NO3/c1-36-31(35)30(24-29(34)23-22-25-14-6-2-7-15-25)33-32(26-16-8-3-9-17-26,27-18-10-4-11-19-27)28-20-12-5-13-21-28/h2-23,30,33H,24H2,1H3/b23-22+/t30-/m0/s1. The van der Waals surface area contributed by atoms with Gasteiger partial charge in [0, 0.05) is 6.42 Å². The van der Waals surface area contributed by atoms with Gasteiger partial charge in [-0.2, -0.15) is 0 Å². The number of benzene rings is 4. The summed E-state index contributed by atoms with van der Waals surface area (Å²) in [7, 11) is 1.34. The molecule has 0 saturated carbocycles. The molecule has 0 spiro atoms. The number of ketones is 1. The van der Waals surface area contributed by atoms with E-state index in [1.807, 2.05) is 121 Å². The highest BCUT2D eigenvalue weighted by Crippen LogP contribution is 2.37. The maximum Gasteiger partial charge on any atom is 0.323 e. The molecule has 0 unspecified atom stereocenters. The molecule has 0 radical (unpaired) electrons. The smallest absolute Gasteiger partial charge is 0.323 e. The number of methoxy groups -OCH3 is 1. The van der Waals surface area contributed by atoms with Crippen LogP contribution < -0.4 is 5.32 Å². The number of rotatable bonds is 10. The van der Waals surface area contributed by atoms with E-state index in [1.165, 1.54) is 13.2 Å². The van der Waals surface area contributed by atoms with Gasteiger partial charge in [-0.25, -0.2) is 0 Å². The van der Waals surface area contributed by atoms with Gasteiger partial charge in [-0.05, 0) is 28.3 Å². The minimum atomic E-state index is -0.897. The molecule has 0 amide bonds. The van der Waals surface area contributed by atoms with Gasteiger partial charge >= 0.3 is 5.97 Å². The number of esters is 1. The molecule has 1 N–H and O–H groups in total. The van der Waals surface area contributed by atoms with Crippen molar-refractivity contribution in [3.8, 4) is 0 Å². The number of carbonyl (C=O) groups is 2. The minimum Gasteiger partial charge on any atom is -0.468 e. The fourth-order valence-electron chi connectivity index (χ4n) is 4.43. The third-order valence-corrected chi connectivity index (χ3v) is 6.16. The number of ether oxygens (including phenoxy) is 1. The van der Waals surface area contributed by atoms with Gasteiger partial charge in [0.1, 0.15) is 6.04 Å². The highest BCUT2D eigenvalue weighted by Gasteiger charge is 2.40. The van der Waals surface area contributed by atoms with Crippen LogP contribution in [0.5, 0.6) is 0 Å². The minimum absolute atomic E-state index is 0.0513. The first-order valence-corrected chi connectivity index (χ1v) is 11.9. The van der Waals surface area contributed by atoms with Crippen LogP contribution in [0.3, 0.4) is 0 Å². The second-order valence-corrected chi connectivity index (χ2v) is 8.48. The fraction of sp³-hybridized carbons (Fsp3) is 0.125. The lowest BCUT2D eigenvalue weighted by atomic mass is 9.76. The van der Waals surface area contributed by atoms with Crippen LogP contribution in [0.4, 0.5) is 0 Å². The second-order valence-electron chi connectivity index (χ2n) is 8.48. The second kappa shape index (κ2) is 11.9. The lowest BCUT2D eigenvalue weighted by Gasteiger charge is -2.39. The predicted molar refractivity (Wildman–Crippen MR) is 143 cm³/mol. The molecule has 0 fully saturated rings. The quantitative estimate of drug-likeness (QED) is 0.179. The average molecular weight is 476 g/mol. The van der Waals surface area contributed by atoms with Crippen LogP contribution >= 0.6 is 0 Å². The first kappa shape index (κ1) is 24.8. The monoisotopic (exact) mass is 475 g/mol. The molecular weight excluding hydrogens is 446 g/mol. The molecule has 0 saturated heterocycles. The summed E-state index contributed by atoms with van der Waals surface area (Å²) in [5.41, 5.74) is 2.86. The van der Waals surface area contributed by atoms with Crippen molar-refractivity contribution in [2.75, 3.05) is 7.11 Å². The molecule has 0 aliphatic rings. The molecule has 4 aromatic carbocycles.